The fraction of sp³-hybridized carbons (Fsp3) is 0.133. The van der Waals surface area contributed by atoms with Gasteiger partial charge >= 0.3 is 5.97 Å². The van der Waals surface area contributed by atoms with Gasteiger partial charge in [0.1, 0.15) is 5.82 Å². The lowest BCUT2D eigenvalue weighted by atomic mass is 10.2. The molecule has 114 valence electrons. The Morgan fingerprint density at radius 2 is 2.09 bits per heavy atom. The van der Waals surface area contributed by atoms with Crippen LogP contribution in [0.3, 0.4) is 0 Å². The molecule has 0 atom stereocenters. The topological polar surface area (TPSA) is 68.3 Å². The predicted octanol–water partition coefficient (Wildman–Crippen LogP) is 2.98. The van der Waals surface area contributed by atoms with Crippen LogP contribution in [0, 0.1) is 12.7 Å². The summed E-state index contributed by atoms with van der Waals surface area (Å²) < 4.78 is 17.7. The fourth-order valence-corrected chi connectivity index (χ4v) is 1.79. The van der Waals surface area contributed by atoms with Gasteiger partial charge in [0.25, 0.3) is 5.91 Å². The standard InChI is InChI=1S/C15H12ClFN2O3/c1-9-2-3-10(7-18-9)15(21)22-8-14(20)19-13-5-4-11(17)6-12(13)16/h2-7H,8H2,1H3,(H,19,20). The van der Waals surface area contributed by atoms with Crippen molar-refractivity contribution in [3.05, 3.63) is 58.6 Å². The van der Waals surface area contributed by atoms with Crippen molar-refractivity contribution in [2.24, 2.45) is 0 Å². The Morgan fingerprint density at radius 3 is 2.73 bits per heavy atom. The molecule has 1 amide bonds. The Balaban J connectivity index is 1.89. The zero-order valence-electron chi connectivity index (χ0n) is 11.6. The third-order valence-electron chi connectivity index (χ3n) is 2.69. The zero-order valence-corrected chi connectivity index (χ0v) is 12.4. The van der Waals surface area contributed by atoms with Crippen molar-refractivity contribution in [2.45, 2.75) is 6.92 Å². The van der Waals surface area contributed by atoms with Crippen molar-refractivity contribution in [3.63, 3.8) is 0 Å². The average molecular weight is 323 g/mol. The highest BCUT2D eigenvalue weighted by Gasteiger charge is 2.12. The number of benzene rings is 1. The molecule has 1 aromatic heterocycles. The molecule has 0 bridgehead atoms. The molecule has 0 unspecified atom stereocenters. The average Bonchev–Trinajstić information content (AvgIpc) is 2.48. The van der Waals surface area contributed by atoms with Crippen molar-refractivity contribution in [1.29, 1.82) is 0 Å². The van der Waals surface area contributed by atoms with Gasteiger partial charge in [0.05, 0.1) is 16.3 Å². The van der Waals surface area contributed by atoms with Crippen molar-refractivity contribution in [3.8, 4) is 0 Å². The highest BCUT2D eigenvalue weighted by molar-refractivity contribution is 6.33. The molecule has 1 heterocycles. The Kier molecular flexibility index (Phi) is 5.06. The van der Waals surface area contributed by atoms with Gasteiger partial charge in [-0.25, -0.2) is 9.18 Å². The van der Waals surface area contributed by atoms with Crippen LogP contribution in [-0.2, 0) is 9.53 Å². The van der Waals surface area contributed by atoms with Crippen LogP contribution in [0.25, 0.3) is 0 Å². The Hall–Kier alpha value is -2.47. The van der Waals surface area contributed by atoms with Gasteiger partial charge in [-0.2, -0.15) is 0 Å². The molecule has 0 radical (unpaired) electrons. The van der Waals surface area contributed by atoms with Crippen molar-refractivity contribution < 1.29 is 18.7 Å². The van der Waals surface area contributed by atoms with Crippen LogP contribution in [0.4, 0.5) is 10.1 Å². The number of aromatic nitrogens is 1. The van der Waals surface area contributed by atoms with E-state index in [0.717, 1.165) is 17.8 Å². The third kappa shape index (κ3) is 4.26. The number of nitrogens with one attached hydrogen (secondary N) is 1. The maximum atomic E-state index is 12.9. The van der Waals surface area contributed by atoms with Gasteiger partial charge < -0.3 is 10.1 Å². The van der Waals surface area contributed by atoms with Crippen LogP contribution in [-0.4, -0.2) is 23.5 Å². The lowest BCUT2D eigenvalue weighted by molar-refractivity contribution is -0.119. The van der Waals surface area contributed by atoms with E-state index in [9.17, 15) is 14.0 Å². The number of aryl methyl sites for hydroxylation is 1. The second-order valence-corrected chi connectivity index (χ2v) is 4.84. The van der Waals surface area contributed by atoms with Crippen molar-refractivity contribution in [1.82, 2.24) is 4.98 Å². The van der Waals surface area contributed by atoms with Crippen LogP contribution >= 0.6 is 11.6 Å². The first kappa shape index (κ1) is 15.9. The second kappa shape index (κ2) is 7.00. The Labute approximate surface area is 131 Å². The largest absolute Gasteiger partial charge is 0.452 e. The Morgan fingerprint density at radius 1 is 1.32 bits per heavy atom. The second-order valence-electron chi connectivity index (χ2n) is 4.44. The van der Waals surface area contributed by atoms with Crippen molar-refractivity contribution >= 4 is 29.2 Å². The first-order chi connectivity index (χ1) is 10.5. The summed E-state index contributed by atoms with van der Waals surface area (Å²) in [5, 5.41) is 2.48. The molecule has 7 heteroatoms. The minimum Gasteiger partial charge on any atom is -0.452 e. The van der Waals surface area contributed by atoms with E-state index in [1.807, 2.05) is 0 Å². The molecular formula is C15H12ClFN2O3. The number of esters is 1. The number of halogens is 2. The normalized spacial score (nSPS) is 10.1. The summed E-state index contributed by atoms with van der Waals surface area (Å²) in [5.74, 6) is -1.75. The molecule has 5 nitrogen and oxygen atoms in total. The predicted molar refractivity (Wildman–Crippen MR) is 79.3 cm³/mol. The Bertz CT molecular complexity index is 704. The van der Waals surface area contributed by atoms with E-state index < -0.39 is 24.3 Å². The van der Waals surface area contributed by atoms with E-state index in [4.69, 9.17) is 16.3 Å². The van der Waals surface area contributed by atoms with Gasteiger partial charge in [-0.1, -0.05) is 11.6 Å². The maximum Gasteiger partial charge on any atom is 0.340 e. The van der Waals surface area contributed by atoms with Crippen LogP contribution in [0.2, 0.25) is 5.02 Å². The molecule has 0 aliphatic heterocycles. The number of rotatable bonds is 4. The highest BCUT2D eigenvalue weighted by Crippen LogP contribution is 2.22. The summed E-state index contributed by atoms with van der Waals surface area (Å²) in [5.41, 5.74) is 1.25. The summed E-state index contributed by atoms with van der Waals surface area (Å²) in [6, 6.07) is 6.77. The molecule has 0 spiro atoms. The quantitative estimate of drug-likeness (QED) is 0.879. The van der Waals surface area contributed by atoms with Gasteiger partial charge in [-0.15, -0.1) is 0 Å². The van der Waals surface area contributed by atoms with E-state index in [1.54, 1.807) is 19.1 Å². The summed E-state index contributed by atoms with van der Waals surface area (Å²) in [7, 11) is 0. The summed E-state index contributed by atoms with van der Waals surface area (Å²) in [6.45, 7) is 1.30. The number of amides is 1. The first-order valence-electron chi connectivity index (χ1n) is 6.30. The highest BCUT2D eigenvalue weighted by atomic mass is 35.5. The zero-order chi connectivity index (χ0) is 16.1. The lowest BCUT2D eigenvalue weighted by Gasteiger charge is -2.08. The van der Waals surface area contributed by atoms with Gasteiger partial charge in [-0.3, -0.25) is 9.78 Å². The maximum absolute atomic E-state index is 12.9. The first-order valence-corrected chi connectivity index (χ1v) is 6.68. The van der Waals surface area contributed by atoms with Gasteiger partial charge in [-0.05, 0) is 37.3 Å². The lowest BCUT2D eigenvalue weighted by Crippen LogP contribution is -2.21. The monoisotopic (exact) mass is 322 g/mol. The number of carbonyl (C=O) groups is 2. The molecule has 0 saturated heterocycles. The number of anilines is 1. The molecular weight excluding hydrogens is 311 g/mol. The minimum atomic E-state index is -0.659. The molecule has 1 N–H and O–H groups in total. The van der Waals surface area contributed by atoms with E-state index in [1.165, 1.54) is 12.3 Å². The number of carbonyl (C=O) groups excluding carboxylic acids is 2. The number of hydrogen-bond donors (Lipinski definition) is 1. The molecule has 1 aromatic carbocycles. The molecule has 0 aliphatic carbocycles. The summed E-state index contributed by atoms with van der Waals surface area (Å²) >= 11 is 5.78. The van der Waals surface area contributed by atoms with E-state index in [0.29, 0.717) is 0 Å². The van der Waals surface area contributed by atoms with Crippen LogP contribution in [0.15, 0.2) is 36.5 Å². The van der Waals surface area contributed by atoms with Gasteiger partial charge in [0, 0.05) is 11.9 Å². The SMILES string of the molecule is Cc1ccc(C(=O)OCC(=O)Nc2ccc(F)cc2Cl)cn1. The smallest absolute Gasteiger partial charge is 0.340 e. The summed E-state index contributed by atoms with van der Waals surface area (Å²) in [4.78, 5) is 27.4. The molecule has 22 heavy (non-hydrogen) atoms. The van der Waals surface area contributed by atoms with Gasteiger partial charge in [0.15, 0.2) is 6.61 Å². The third-order valence-corrected chi connectivity index (χ3v) is 3.00. The fourth-order valence-electron chi connectivity index (χ4n) is 1.58. The molecule has 0 fully saturated rings. The van der Waals surface area contributed by atoms with Gasteiger partial charge in [0.2, 0.25) is 0 Å². The molecule has 0 saturated carbocycles. The summed E-state index contributed by atoms with van der Waals surface area (Å²) in [6.07, 6.45) is 1.37. The number of nitrogens with zero attached hydrogens (tertiary/aromatic N) is 1. The van der Waals surface area contributed by atoms with E-state index in [-0.39, 0.29) is 16.3 Å². The van der Waals surface area contributed by atoms with Crippen molar-refractivity contribution in [2.75, 3.05) is 11.9 Å². The number of ether oxygens (including phenoxy) is 1. The molecule has 2 aromatic rings. The van der Waals surface area contributed by atoms with Crippen LogP contribution in [0.1, 0.15) is 16.1 Å². The van der Waals surface area contributed by atoms with Crippen LogP contribution < -0.4 is 5.32 Å². The van der Waals surface area contributed by atoms with E-state index >= 15 is 0 Å². The number of pyridine rings is 1. The van der Waals surface area contributed by atoms with E-state index in [2.05, 4.69) is 10.3 Å². The molecule has 2 rings (SSSR count). The molecule has 0 aliphatic rings. The minimum absolute atomic E-state index is 0.0578. The van der Waals surface area contributed by atoms with Crippen LogP contribution in [0.5, 0.6) is 0 Å². The number of hydrogen-bond acceptors (Lipinski definition) is 4.